The van der Waals surface area contributed by atoms with Crippen molar-refractivity contribution in [3.05, 3.63) is 163 Å². The number of hydrogen-bond donors (Lipinski definition) is 0. The van der Waals surface area contributed by atoms with Crippen LogP contribution in [0.1, 0.15) is 5.69 Å². The van der Waals surface area contributed by atoms with Gasteiger partial charge in [0.1, 0.15) is 11.8 Å². The molecule has 0 atom stereocenters. The van der Waals surface area contributed by atoms with Crippen molar-refractivity contribution < 1.29 is 0 Å². The van der Waals surface area contributed by atoms with E-state index in [9.17, 15) is 5.26 Å². The molecule has 8 heteroatoms. The highest BCUT2D eigenvalue weighted by atomic mass is 15.0. The lowest BCUT2D eigenvalue weighted by molar-refractivity contribution is 1.07. The summed E-state index contributed by atoms with van der Waals surface area (Å²) in [6.45, 7) is 0. The predicted molar refractivity (Wildman–Crippen MR) is 194 cm³/mol. The largest absolute Gasteiger partial charge is 0.237 e. The number of hydrogen-bond acceptors (Lipinski definition) is 8. The molecule has 0 unspecified atom stereocenters. The molecule has 234 valence electrons. The van der Waals surface area contributed by atoms with Crippen LogP contribution in [0.3, 0.4) is 0 Å². The zero-order valence-electron chi connectivity index (χ0n) is 26.6. The Morgan fingerprint density at radius 3 is 1.02 bits per heavy atom. The third-order valence-corrected chi connectivity index (χ3v) is 8.03. The summed E-state index contributed by atoms with van der Waals surface area (Å²) in [5.74, 6) is 3.27. The zero-order valence-corrected chi connectivity index (χ0v) is 26.6. The number of rotatable bonds is 7. The van der Waals surface area contributed by atoms with Crippen LogP contribution in [0.4, 0.5) is 0 Å². The lowest BCUT2D eigenvalue weighted by Crippen LogP contribution is -2.02. The molecule has 0 saturated carbocycles. The second-order valence-electron chi connectivity index (χ2n) is 11.4. The van der Waals surface area contributed by atoms with Crippen LogP contribution in [0, 0.1) is 11.3 Å². The van der Waals surface area contributed by atoms with Gasteiger partial charge in [-0.15, -0.1) is 0 Å². The van der Waals surface area contributed by atoms with Gasteiger partial charge in [0.2, 0.25) is 0 Å². The summed E-state index contributed by atoms with van der Waals surface area (Å²) in [5, 5.41) is 9.39. The molecule has 0 aliphatic heterocycles. The Bertz CT molecular complexity index is 2440. The summed E-state index contributed by atoms with van der Waals surface area (Å²) in [7, 11) is 0. The third-order valence-electron chi connectivity index (χ3n) is 8.03. The Morgan fingerprint density at radius 2 is 0.620 bits per heavy atom. The van der Waals surface area contributed by atoms with Crippen LogP contribution in [0.2, 0.25) is 0 Å². The van der Waals surface area contributed by atoms with Crippen molar-refractivity contribution >= 4 is 0 Å². The molecule has 0 N–H and O–H groups in total. The van der Waals surface area contributed by atoms with E-state index in [-0.39, 0.29) is 0 Å². The monoisotopic (exact) mass is 642 g/mol. The van der Waals surface area contributed by atoms with Crippen molar-refractivity contribution in [3.63, 3.8) is 0 Å². The summed E-state index contributed by atoms with van der Waals surface area (Å²) in [5.41, 5.74) is 6.94. The van der Waals surface area contributed by atoms with Gasteiger partial charge in [-0.3, -0.25) is 0 Å². The van der Waals surface area contributed by atoms with Gasteiger partial charge in [0.05, 0.1) is 5.69 Å². The highest BCUT2D eigenvalue weighted by molar-refractivity contribution is 5.74. The molecule has 5 aromatic carbocycles. The van der Waals surface area contributed by atoms with Gasteiger partial charge >= 0.3 is 0 Å². The third kappa shape index (κ3) is 6.35. The van der Waals surface area contributed by atoms with Crippen LogP contribution in [-0.4, -0.2) is 34.9 Å². The normalized spacial score (nSPS) is 10.8. The lowest BCUT2D eigenvalue weighted by Gasteiger charge is -2.11. The summed E-state index contributed by atoms with van der Waals surface area (Å²) in [4.78, 5) is 34.0. The topological polar surface area (TPSA) is 114 Å². The maximum Gasteiger partial charge on any atom is 0.164 e. The molecule has 3 aromatic heterocycles. The summed E-state index contributed by atoms with van der Waals surface area (Å²) in [6, 6.07) is 52.9. The second-order valence-corrected chi connectivity index (χ2v) is 11.4. The van der Waals surface area contributed by atoms with Crippen LogP contribution in [0.25, 0.3) is 79.6 Å². The minimum Gasteiger partial charge on any atom is -0.237 e. The Balaban J connectivity index is 1.25. The number of benzene rings is 5. The Kier molecular flexibility index (Phi) is 8.12. The first-order valence-corrected chi connectivity index (χ1v) is 16.0. The van der Waals surface area contributed by atoms with E-state index in [4.69, 9.17) is 29.9 Å². The Labute approximate surface area is 288 Å². The quantitative estimate of drug-likeness (QED) is 0.169. The molecule has 0 fully saturated rings. The van der Waals surface area contributed by atoms with E-state index in [0.717, 1.165) is 38.9 Å². The van der Waals surface area contributed by atoms with E-state index >= 15 is 0 Å². The first kappa shape index (κ1) is 30.1. The van der Waals surface area contributed by atoms with Crippen molar-refractivity contribution in [1.29, 1.82) is 5.26 Å². The molecule has 8 nitrogen and oxygen atoms in total. The smallest absolute Gasteiger partial charge is 0.164 e. The second kappa shape index (κ2) is 13.5. The minimum atomic E-state index is 0.353. The predicted octanol–water partition coefficient (Wildman–Crippen LogP) is 8.99. The number of pyridine rings is 1. The van der Waals surface area contributed by atoms with Crippen molar-refractivity contribution in [1.82, 2.24) is 34.9 Å². The molecular weight excluding hydrogens is 617 g/mol. The molecule has 3 heterocycles. The van der Waals surface area contributed by atoms with Crippen LogP contribution < -0.4 is 0 Å². The van der Waals surface area contributed by atoms with E-state index in [1.54, 1.807) is 6.07 Å². The van der Waals surface area contributed by atoms with Gasteiger partial charge in [-0.05, 0) is 24.3 Å². The van der Waals surface area contributed by atoms with E-state index < -0.39 is 0 Å². The highest BCUT2D eigenvalue weighted by Gasteiger charge is 2.16. The van der Waals surface area contributed by atoms with Crippen molar-refractivity contribution in [3.8, 4) is 85.7 Å². The highest BCUT2D eigenvalue weighted by Crippen LogP contribution is 2.30. The molecule has 50 heavy (non-hydrogen) atoms. The average Bonchev–Trinajstić information content (AvgIpc) is 3.21. The van der Waals surface area contributed by atoms with Crippen molar-refractivity contribution in [2.45, 2.75) is 0 Å². The van der Waals surface area contributed by atoms with Gasteiger partial charge in [0.15, 0.2) is 34.9 Å². The Hall–Kier alpha value is -7.24. The fourth-order valence-corrected chi connectivity index (χ4v) is 5.56. The maximum atomic E-state index is 9.39. The molecule has 8 rings (SSSR count). The van der Waals surface area contributed by atoms with Gasteiger partial charge in [-0.1, -0.05) is 133 Å². The Morgan fingerprint density at radius 1 is 0.300 bits per heavy atom. The molecule has 8 aromatic rings. The molecule has 0 aliphatic rings. The van der Waals surface area contributed by atoms with Crippen molar-refractivity contribution in [2.24, 2.45) is 0 Å². The maximum absolute atomic E-state index is 9.39. The van der Waals surface area contributed by atoms with Gasteiger partial charge in [-0.25, -0.2) is 34.9 Å². The van der Waals surface area contributed by atoms with Crippen LogP contribution in [-0.2, 0) is 0 Å². The van der Waals surface area contributed by atoms with Gasteiger partial charge < -0.3 is 0 Å². The standard InChI is InChI=1S/C42H26N8/c43-27-35-23-12-24-36(44-35)31-19-10-20-32(25-31)40-48-39(30-17-8-3-9-18-30)49-42(50-40)34-22-11-21-33(26-34)41-46-37(28-13-4-1-5-14-28)45-38(47-41)29-15-6-2-7-16-29/h1-26H. The SMILES string of the molecule is N#Cc1cccc(-c2cccc(-c3nc(-c4ccccc4)nc(-c4cccc(-c5nc(-c6ccccc6)nc(-c6ccccc6)n5)c4)n3)c2)n1. The number of aromatic nitrogens is 7. The molecule has 0 radical (unpaired) electrons. The van der Waals surface area contributed by atoms with E-state index in [2.05, 4.69) is 11.1 Å². The lowest BCUT2D eigenvalue weighted by atomic mass is 10.1. The summed E-state index contributed by atoms with van der Waals surface area (Å²) >= 11 is 0. The van der Waals surface area contributed by atoms with Gasteiger partial charge in [-0.2, -0.15) is 5.26 Å². The molecule has 0 amide bonds. The zero-order chi connectivity index (χ0) is 33.7. The van der Waals surface area contributed by atoms with Crippen molar-refractivity contribution in [2.75, 3.05) is 0 Å². The van der Waals surface area contributed by atoms with Crippen LogP contribution >= 0.6 is 0 Å². The molecule has 0 aliphatic carbocycles. The fraction of sp³-hybridized carbons (Fsp3) is 0. The minimum absolute atomic E-state index is 0.353. The first-order chi connectivity index (χ1) is 24.7. The summed E-state index contributed by atoms with van der Waals surface area (Å²) in [6.07, 6.45) is 0. The number of nitriles is 1. The first-order valence-electron chi connectivity index (χ1n) is 16.0. The van der Waals surface area contributed by atoms with E-state index in [1.807, 2.05) is 152 Å². The molecular formula is C42H26N8. The average molecular weight is 643 g/mol. The summed E-state index contributed by atoms with van der Waals surface area (Å²) < 4.78 is 0. The van der Waals surface area contributed by atoms with E-state index in [0.29, 0.717) is 46.3 Å². The molecule has 0 spiro atoms. The fourth-order valence-electron chi connectivity index (χ4n) is 5.56. The van der Waals surface area contributed by atoms with E-state index in [1.165, 1.54) is 0 Å². The number of nitrogens with zero attached hydrogens (tertiary/aromatic N) is 8. The molecule has 0 bridgehead atoms. The van der Waals surface area contributed by atoms with Gasteiger partial charge in [0, 0.05) is 38.9 Å². The van der Waals surface area contributed by atoms with Crippen LogP contribution in [0.5, 0.6) is 0 Å². The molecule has 0 saturated heterocycles. The van der Waals surface area contributed by atoms with Gasteiger partial charge in [0.25, 0.3) is 0 Å². The van der Waals surface area contributed by atoms with Crippen LogP contribution in [0.15, 0.2) is 158 Å².